The first-order chi connectivity index (χ1) is 4.30. The third-order valence-electron chi connectivity index (χ3n) is 1.18. The Kier molecular flexibility index (Phi) is 3.62. The fourth-order valence-corrected chi connectivity index (χ4v) is 0.621. The Morgan fingerprint density at radius 3 is 2.40 bits per heavy atom. The minimum Gasteiger partial charge on any atom is -0.159 e. The Bertz CT molecular complexity index is 170. The number of rotatable bonds is 1. The first-order valence-corrected chi connectivity index (χ1v) is 3.08. The van der Waals surface area contributed by atoms with Crippen LogP contribution in [-0.4, -0.2) is 10.2 Å². The number of nitrogens with zero attached hydrogens (tertiary/aromatic N) is 2. The minimum atomic E-state index is 0. The SMILES string of the molecule is C.CC(C)c1cccnn1. The molecule has 1 heterocycles. The van der Waals surface area contributed by atoms with Crippen LogP contribution in [0.25, 0.3) is 0 Å². The van der Waals surface area contributed by atoms with Crippen molar-refractivity contribution in [2.75, 3.05) is 0 Å². The Morgan fingerprint density at radius 1 is 1.40 bits per heavy atom. The maximum atomic E-state index is 3.93. The van der Waals surface area contributed by atoms with E-state index in [-0.39, 0.29) is 7.43 Å². The molecule has 1 aromatic heterocycles. The van der Waals surface area contributed by atoms with Crippen LogP contribution in [0.4, 0.5) is 0 Å². The second kappa shape index (κ2) is 3.99. The van der Waals surface area contributed by atoms with Crippen LogP contribution in [0, 0.1) is 0 Å². The molecule has 0 aliphatic carbocycles. The van der Waals surface area contributed by atoms with Crippen LogP contribution in [0.3, 0.4) is 0 Å². The highest BCUT2D eigenvalue weighted by atomic mass is 15.1. The van der Waals surface area contributed by atoms with Gasteiger partial charge in [-0.25, -0.2) is 0 Å². The van der Waals surface area contributed by atoms with Gasteiger partial charge in [-0.3, -0.25) is 0 Å². The van der Waals surface area contributed by atoms with E-state index in [1.165, 1.54) is 0 Å². The zero-order chi connectivity index (χ0) is 6.69. The van der Waals surface area contributed by atoms with Gasteiger partial charge in [-0.05, 0) is 18.1 Å². The molecule has 0 aliphatic rings. The van der Waals surface area contributed by atoms with Gasteiger partial charge in [0.25, 0.3) is 0 Å². The molecule has 10 heavy (non-hydrogen) atoms. The standard InChI is InChI=1S/C7H10N2.CH4/c1-6(2)7-4-3-5-8-9-7;/h3-6H,1-2H3;1H4. The van der Waals surface area contributed by atoms with Gasteiger partial charge in [0.2, 0.25) is 0 Å². The first-order valence-electron chi connectivity index (χ1n) is 3.08. The van der Waals surface area contributed by atoms with Crippen LogP contribution in [-0.2, 0) is 0 Å². The summed E-state index contributed by atoms with van der Waals surface area (Å²) in [7, 11) is 0. The van der Waals surface area contributed by atoms with Gasteiger partial charge in [-0.2, -0.15) is 10.2 Å². The Labute approximate surface area is 62.3 Å². The summed E-state index contributed by atoms with van der Waals surface area (Å²) in [6, 6.07) is 3.89. The molecule has 2 nitrogen and oxygen atoms in total. The van der Waals surface area contributed by atoms with Crippen molar-refractivity contribution in [3.05, 3.63) is 24.0 Å². The van der Waals surface area contributed by atoms with Gasteiger partial charge < -0.3 is 0 Å². The zero-order valence-electron chi connectivity index (χ0n) is 5.70. The molecule has 0 saturated heterocycles. The molecule has 1 rings (SSSR count). The second-order valence-corrected chi connectivity index (χ2v) is 2.30. The third kappa shape index (κ3) is 2.13. The van der Waals surface area contributed by atoms with E-state index in [0.29, 0.717) is 5.92 Å². The number of hydrogen-bond donors (Lipinski definition) is 0. The summed E-state index contributed by atoms with van der Waals surface area (Å²) >= 11 is 0. The molecule has 0 N–H and O–H groups in total. The fraction of sp³-hybridized carbons (Fsp3) is 0.500. The summed E-state index contributed by atoms with van der Waals surface area (Å²) in [4.78, 5) is 0. The monoisotopic (exact) mass is 138 g/mol. The van der Waals surface area contributed by atoms with E-state index in [9.17, 15) is 0 Å². The minimum absolute atomic E-state index is 0. The Morgan fingerprint density at radius 2 is 2.10 bits per heavy atom. The molecule has 0 fully saturated rings. The quantitative estimate of drug-likeness (QED) is 0.594. The van der Waals surface area contributed by atoms with Crippen molar-refractivity contribution in [2.45, 2.75) is 27.2 Å². The lowest BCUT2D eigenvalue weighted by Gasteiger charge is -1.98. The van der Waals surface area contributed by atoms with Crippen LogP contribution in [0.2, 0.25) is 0 Å². The van der Waals surface area contributed by atoms with Gasteiger partial charge in [0, 0.05) is 6.20 Å². The first kappa shape index (κ1) is 9.08. The second-order valence-electron chi connectivity index (χ2n) is 2.30. The number of aromatic nitrogens is 2. The molecule has 0 unspecified atom stereocenters. The lowest BCUT2D eigenvalue weighted by atomic mass is 10.1. The highest BCUT2D eigenvalue weighted by Crippen LogP contribution is 2.07. The summed E-state index contributed by atoms with van der Waals surface area (Å²) in [5, 5.41) is 7.68. The summed E-state index contributed by atoms with van der Waals surface area (Å²) in [6.45, 7) is 4.20. The van der Waals surface area contributed by atoms with Crippen molar-refractivity contribution in [2.24, 2.45) is 0 Å². The van der Waals surface area contributed by atoms with E-state index in [2.05, 4.69) is 24.0 Å². The summed E-state index contributed by atoms with van der Waals surface area (Å²) in [5.74, 6) is 0.485. The van der Waals surface area contributed by atoms with Gasteiger partial charge in [-0.15, -0.1) is 0 Å². The average molecular weight is 138 g/mol. The van der Waals surface area contributed by atoms with Crippen LogP contribution < -0.4 is 0 Å². The molecule has 1 aromatic rings. The van der Waals surface area contributed by atoms with Gasteiger partial charge in [0.1, 0.15) is 0 Å². The highest BCUT2D eigenvalue weighted by Gasteiger charge is 1.96. The smallest absolute Gasteiger partial charge is 0.0656 e. The van der Waals surface area contributed by atoms with Crippen LogP contribution in [0.5, 0.6) is 0 Å². The molecule has 56 valence electrons. The van der Waals surface area contributed by atoms with Gasteiger partial charge in [-0.1, -0.05) is 21.3 Å². The van der Waals surface area contributed by atoms with E-state index < -0.39 is 0 Å². The Hall–Kier alpha value is -0.920. The molecule has 0 aromatic carbocycles. The predicted octanol–water partition coefficient (Wildman–Crippen LogP) is 2.24. The van der Waals surface area contributed by atoms with E-state index in [1.807, 2.05) is 12.1 Å². The lowest BCUT2D eigenvalue weighted by molar-refractivity contribution is 0.785. The zero-order valence-corrected chi connectivity index (χ0v) is 5.70. The molecule has 0 radical (unpaired) electrons. The van der Waals surface area contributed by atoms with Crippen molar-refractivity contribution < 1.29 is 0 Å². The van der Waals surface area contributed by atoms with E-state index in [1.54, 1.807) is 6.20 Å². The van der Waals surface area contributed by atoms with Crippen molar-refractivity contribution in [1.29, 1.82) is 0 Å². The largest absolute Gasteiger partial charge is 0.159 e. The number of hydrogen-bond acceptors (Lipinski definition) is 2. The summed E-state index contributed by atoms with van der Waals surface area (Å²) in [5.41, 5.74) is 1.05. The van der Waals surface area contributed by atoms with E-state index >= 15 is 0 Å². The molecule has 0 saturated carbocycles. The molecular formula is C8H14N2. The van der Waals surface area contributed by atoms with Gasteiger partial charge in [0.15, 0.2) is 0 Å². The molecule has 0 bridgehead atoms. The van der Waals surface area contributed by atoms with Crippen molar-refractivity contribution in [3.8, 4) is 0 Å². The molecule has 2 heteroatoms. The lowest BCUT2D eigenvalue weighted by Crippen LogP contribution is -1.92. The molecule has 0 atom stereocenters. The molecule has 0 amide bonds. The summed E-state index contributed by atoms with van der Waals surface area (Å²) in [6.07, 6.45) is 1.69. The predicted molar refractivity (Wildman–Crippen MR) is 42.9 cm³/mol. The maximum absolute atomic E-state index is 3.93. The maximum Gasteiger partial charge on any atom is 0.0656 e. The van der Waals surface area contributed by atoms with Gasteiger partial charge in [0.05, 0.1) is 5.69 Å². The van der Waals surface area contributed by atoms with Crippen LogP contribution >= 0.6 is 0 Å². The van der Waals surface area contributed by atoms with Crippen molar-refractivity contribution >= 4 is 0 Å². The topological polar surface area (TPSA) is 25.8 Å². The van der Waals surface area contributed by atoms with Gasteiger partial charge >= 0.3 is 0 Å². The molecule has 0 aliphatic heterocycles. The highest BCUT2D eigenvalue weighted by molar-refractivity contribution is 5.03. The average Bonchev–Trinajstić information content (AvgIpc) is 1.90. The molecule has 0 spiro atoms. The van der Waals surface area contributed by atoms with Crippen molar-refractivity contribution in [3.63, 3.8) is 0 Å². The molecular weight excluding hydrogens is 124 g/mol. The summed E-state index contributed by atoms with van der Waals surface area (Å²) < 4.78 is 0. The van der Waals surface area contributed by atoms with Crippen LogP contribution in [0.1, 0.15) is 32.9 Å². The normalized spacial score (nSPS) is 9.10. The van der Waals surface area contributed by atoms with E-state index in [0.717, 1.165) is 5.69 Å². The van der Waals surface area contributed by atoms with Crippen LogP contribution in [0.15, 0.2) is 18.3 Å². The Balaban J connectivity index is 0.000000810. The van der Waals surface area contributed by atoms with Crippen molar-refractivity contribution in [1.82, 2.24) is 10.2 Å². The fourth-order valence-electron chi connectivity index (χ4n) is 0.621. The van der Waals surface area contributed by atoms with E-state index in [4.69, 9.17) is 0 Å². The third-order valence-corrected chi connectivity index (χ3v) is 1.18.